The van der Waals surface area contributed by atoms with Crippen LogP contribution in [0.3, 0.4) is 0 Å². The highest BCUT2D eigenvalue weighted by atomic mass is 35.5. The van der Waals surface area contributed by atoms with Gasteiger partial charge in [-0.2, -0.15) is 0 Å². The Hall–Kier alpha value is -1.92. The van der Waals surface area contributed by atoms with Gasteiger partial charge in [-0.15, -0.1) is 11.3 Å². The second kappa shape index (κ2) is 6.24. The fourth-order valence-electron chi connectivity index (χ4n) is 1.93. The number of aryl methyl sites for hydroxylation is 1. The van der Waals surface area contributed by atoms with Crippen LogP contribution in [0.5, 0.6) is 0 Å². The lowest BCUT2D eigenvalue weighted by Crippen LogP contribution is -2.26. The molecule has 0 aliphatic carbocycles. The third-order valence-corrected chi connectivity index (χ3v) is 4.41. The van der Waals surface area contributed by atoms with E-state index in [4.69, 9.17) is 11.6 Å². The molecule has 2 rings (SSSR count). The van der Waals surface area contributed by atoms with Crippen molar-refractivity contribution >= 4 is 34.5 Å². The molecule has 2 aromatic rings. The maximum atomic E-state index is 12.4. The van der Waals surface area contributed by atoms with Crippen LogP contribution in [0.2, 0.25) is 5.02 Å². The molecule has 0 aliphatic rings. The molecular formula is C14H13ClN2O3S. The Kier molecular flexibility index (Phi) is 4.59. The summed E-state index contributed by atoms with van der Waals surface area (Å²) in [5.74, 6) is -0.419. The summed E-state index contributed by atoms with van der Waals surface area (Å²) in [5.41, 5.74) is 0.753. The second-order valence-corrected chi connectivity index (χ2v) is 5.99. The molecule has 0 spiro atoms. The van der Waals surface area contributed by atoms with Crippen molar-refractivity contribution in [2.75, 3.05) is 7.05 Å². The molecule has 21 heavy (non-hydrogen) atoms. The van der Waals surface area contributed by atoms with E-state index >= 15 is 0 Å². The Morgan fingerprint density at radius 3 is 2.71 bits per heavy atom. The summed E-state index contributed by atoms with van der Waals surface area (Å²) in [6, 6.07) is 6.33. The highest BCUT2D eigenvalue weighted by Crippen LogP contribution is 2.29. The molecular weight excluding hydrogens is 312 g/mol. The molecule has 0 fully saturated rings. The van der Waals surface area contributed by atoms with Crippen molar-refractivity contribution in [2.24, 2.45) is 0 Å². The summed E-state index contributed by atoms with van der Waals surface area (Å²) < 4.78 is 0. The lowest BCUT2D eigenvalue weighted by atomic mass is 10.1. The normalized spacial score (nSPS) is 10.4. The molecule has 0 N–H and O–H groups in total. The van der Waals surface area contributed by atoms with Gasteiger partial charge >= 0.3 is 5.69 Å². The van der Waals surface area contributed by atoms with E-state index in [0.29, 0.717) is 6.54 Å². The first-order valence-electron chi connectivity index (χ1n) is 6.13. The minimum absolute atomic E-state index is 0.00390. The van der Waals surface area contributed by atoms with Gasteiger partial charge in [-0.1, -0.05) is 17.7 Å². The van der Waals surface area contributed by atoms with Crippen LogP contribution in [0.25, 0.3) is 0 Å². The Labute approximate surface area is 130 Å². The summed E-state index contributed by atoms with van der Waals surface area (Å²) >= 11 is 7.38. The van der Waals surface area contributed by atoms with Gasteiger partial charge in [-0.3, -0.25) is 14.9 Å². The van der Waals surface area contributed by atoms with Gasteiger partial charge in [0.25, 0.3) is 5.91 Å². The summed E-state index contributed by atoms with van der Waals surface area (Å²) in [7, 11) is 1.62. The largest absolute Gasteiger partial charge is 0.336 e. The zero-order valence-electron chi connectivity index (χ0n) is 11.5. The summed E-state index contributed by atoms with van der Waals surface area (Å²) in [4.78, 5) is 25.4. The highest BCUT2D eigenvalue weighted by molar-refractivity contribution is 7.10. The Bertz CT molecular complexity index is 699. The van der Waals surface area contributed by atoms with Crippen molar-refractivity contribution < 1.29 is 9.72 Å². The number of hydrogen-bond acceptors (Lipinski definition) is 4. The fourth-order valence-corrected chi connectivity index (χ4v) is 3.13. The molecule has 1 aromatic carbocycles. The summed E-state index contributed by atoms with van der Waals surface area (Å²) in [6.07, 6.45) is 0. The van der Waals surface area contributed by atoms with E-state index in [1.807, 2.05) is 18.4 Å². The van der Waals surface area contributed by atoms with Crippen LogP contribution in [0, 0.1) is 17.0 Å². The molecule has 0 saturated carbocycles. The van der Waals surface area contributed by atoms with Gasteiger partial charge in [-0.25, -0.2) is 0 Å². The summed E-state index contributed by atoms with van der Waals surface area (Å²) in [6.45, 7) is 2.37. The highest BCUT2D eigenvalue weighted by Gasteiger charge is 2.26. The van der Waals surface area contributed by atoms with Gasteiger partial charge in [0.05, 0.1) is 11.5 Å². The predicted molar refractivity (Wildman–Crippen MR) is 83.0 cm³/mol. The van der Waals surface area contributed by atoms with Crippen LogP contribution < -0.4 is 0 Å². The molecule has 0 unspecified atom stereocenters. The SMILES string of the molecule is Cc1ccsc1CN(C)C(=O)c1cccc(Cl)c1[N+](=O)[O-]. The topological polar surface area (TPSA) is 63.5 Å². The van der Waals surface area contributed by atoms with E-state index in [-0.39, 0.29) is 16.3 Å². The molecule has 7 heteroatoms. The Morgan fingerprint density at radius 2 is 2.14 bits per heavy atom. The Balaban J connectivity index is 2.30. The average Bonchev–Trinajstić information content (AvgIpc) is 2.82. The van der Waals surface area contributed by atoms with Crippen LogP contribution in [-0.2, 0) is 6.54 Å². The maximum Gasteiger partial charge on any atom is 0.300 e. The van der Waals surface area contributed by atoms with Crippen molar-refractivity contribution in [2.45, 2.75) is 13.5 Å². The average molecular weight is 325 g/mol. The first kappa shape index (κ1) is 15.5. The molecule has 1 amide bonds. The van der Waals surface area contributed by atoms with E-state index in [2.05, 4.69) is 0 Å². The predicted octanol–water partition coefficient (Wildman–Crippen LogP) is 3.89. The molecule has 0 atom stereocenters. The Morgan fingerprint density at radius 1 is 1.43 bits per heavy atom. The third-order valence-electron chi connectivity index (χ3n) is 3.10. The number of carbonyl (C=O) groups excluding carboxylic acids is 1. The first-order valence-corrected chi connectivity index (χ1v) is 7.39. The zero-order valence-corrected chi connectivity index (χ0v) is 13.1. The lowest BCUT2D eigenvalue weighted by Gasteiger charge is -2.17. The van der Waals surface area contributed by atoms with Crippen LogP contribution in [-0.4, -0.2) is 22.8 Å². The van der Waals surface area contributed by atoms with Gasteiger partial charge in [-0.05, 0) is 36.1 Å². The zero-order chi connectivity index (χ0) is 15.6. The van der Waals surface area contributed by atoms with Gasteiger partial charge in [0, 0.05) is 11.9 Å². The molecule has 110 valence electrons. The molecule has 1 heterocycles. The first-order chi connectivity index (χ1) is 9.91. The van der Waals surface area contributed by atoms with E-state index in [1.54, 1.807) is 18.4 Å². The number of nitro groups is 1. The van der Waals surface area contributed by atoms with Crippen molar-refractivity contribution in [3.8, 4) is 0 Å². The van der Waals surface area contributed by atoms with Gasteiger partial charge in [0.2, 0.25) is 0 Å². The number of nitrogens with zero attached hydrogens (tertiary/aromatic N) is 2. The van der Waals surface area contributed by atoms with Crippen molar-refractivity contribution in [3.63, 3.8) is 0 Å². The molecule has 0 bridgehead atoms. The molecule has 0 radical (unpaired) electrons. The second-order valence-electron chi connectivity index (χ2n) is 4.58. The number of carbonyl (C=O) groups is 1. The minimum atomic E-state index is -0.625. The van der Waals surface area contributed by atoms with Gasteiger partial charge in [0.15, 0.2) is 0 Å². The fraction of sp³-hybridized carbons (Fsp3) is 0.214. The van der Waals surface area contributed by atoms with E-state index in [1.165, 1.54) is 23.1 Å². The van der Waals surface area contributed by atoms with Crippen LogP contribution in [0.1, 0.15) is 20.8 Å². The molecule has 0 saturated heterocycles. The van der Waals surface area contributed by atoms with Crippen LogP contribution in [0.4, 0.5) is 5.69 Å². The van der Waals surface area contributed by atoms with Crippen molar-refractivity contribution in [3.05, 3.63) is 60.8 Å². The van der Waals surface area contributed by atoms with Gasteiger partial charge in [0.1, 0.15) is 10.6 Å². The molecule has 5 nitrogen and oxygen atoms in total. The number of para-hydroxylation sites is 1. The number of benzene rings is 1. The quantitative estimate of drug-likeness (QED) is 0.633. The number of hydrogen-bond donors (Lipinski definition) is 0. The monoisotopic (exact) mass is 324 g/mol. The minimum Gasteiger partial charge on any atom is -0.336 e. The third kappa shape index (κ3) is 3.22. The van der Waals surface area contributed by atoms with E-state index in [9.17, 15) is 14.9 Å². The van der Waals surface area contributed by atoms with E-state index in [0.717, 1.165) is 10.4 Å². The van der Waals surface area contributed by atoms with Crippen LogP contribution >= 0.6 is 22.9 Å². The summed E-state index contributed by atoms with van der Waals surface area (Å²) in [5, 5.41) is 13.0. The molecule has 0 aliphatic heterocycles. The number of thiophene rings is 1. The molecule has 1 aromatic heterocycles. The van der Waals surface area contributed by atoms with Crippen LogP contribution in [0.15, 0.2) is 29.6 Å². The van der Waals surface area contributed by atoms with E-state index < -0.39 is 10.8 Å². The number of halogens is 1. The lowest BCUT2D eigenvalue weighted by molar-refractivity contribution is -0.385. The maximum absolute atomic E-state index is 12.4. The van der Waals surface area contributed by atoms with Crippen molar-refractivity contribution in [1.29, 1.82) is 0 Å². The van der Waals surface area contributed by atoms with Gasteiger partial charge < -0.3 is 4.90 Å². The van der Waals surface area contributed by atoms with Crippen molar-refractivity contribution in [1.82, 2.24) is 4.90 Å². The number of rotatable bonds is 4. The number of nitro benzene ring substituents is 1. The smallest absolute Gasteiger partial charge is 0.300 e. The number of amides is 1. The standard InChI is InChI=1S/C14H13ClN2O3S/c1-9-6-7-21-12(9)8-16(2)14(18)10-4-3-5-11(15)13(10)17(19)20/h3-7H,8H2,1-2H3.